The van der Waals surface area contributed by atoms with E-state index in [-0.39, 0.29) is 30.1 Å². The molecule has 7 nitrogen and oxygen atoms in total. The van der Waals surface area contributed by atoms with E-state index in [2.05, 4.69) is 10.2 Å². The van der Waals surface area contributed by atoms with Crippen LogP contribution in [0.15, 0.2) is 24.3 Å². The van der Waals surface area contributed by atoms with Gasteiger partial charge in [0.2, 0.25) is 5.91 Å². The average Bonchev–Trinajstić information content (AvgIpc) is 2.65. The van der Waals surface area contributed by atoms with Crippen molar-refractivity contribution in [3.63, 3.8) is 0 Å². The number of amides is 1. The number of hydrogen-bond donors (Lipinski definition) is 1. The first-order valence-corrected chi connectivity index (χ1v) is 12.5. The molecular weight excluding hydrogens is 390 g/mol. The first-order valence-electron chi connectivity index (χ1n) is 10.7. The molecule has 29 heavy (non-hydrogen) atoms. The summed E-state index contributed by atoms with van der Waals surface area (Å²) < 4.78 is 29.1. The third kappa shape index (κ3) is 5.71. The molecule has 1 amide bonds. The van der Waals surface area contributed by atoms with Gasteiger partial charge in [-0.25, -0.2) is 8.42 Å². The van der Waals surface area contributed by atoms with Crippen molar-refractivity contribution in [3.05, 3.63) is 24.3 Å². The van der Waals surface area contributed by atoms with Gasteiger partial charge in [0, 0.05) is 37.9 Å². The molecule has 0 unspecified atom stereocenters. The highest BCUT2D eigenvalue weighted by molar-refractivity contribution is 7.91. The molecule has 2 heterocycles. The molecule has 4 rings (SSSR count). The van der Waals surface area contributed by atoms with Crippen LogP contribution in [0.2, 0.25) is 0 Å². The van der Waals surface area contributed by atoms with Crippen LogP contribution in [0.25, 0.3) is 0 Å². The van der Waals surface area contributed by atoms with E-state index in [1.165, 1.54) is 19.3 Å². The first kappa shape index (κ1) is 20.6. The summed E-state index contributed by atoms with van der Waals surface area (Å²) >= 11 is 0. The van der Waals surface area contributed by atoms with Crippen molar-refractivity contribution >= 4 is 21.4 Å². The number of nitrogens with one attached hydrogen (secondary N) is 1. The van der Waals surface area contributed by atoms with Gasteiger partial charge in [-0.15, -0.1) is 0 Å². The third-order valence-electron chi connectivity index (χ3n) is 6.31. The molecule has 3 aliphatic rings. The highest BCUT2D eigenvalue weighted by Crippen LogP contribution is 2.28. The van der Waals surface area contributed by atoms with Crippen LogP contribution in [0.3, 0.4) is 0 Å². The van der Waals surface area contributed by atoms with Gasteiger partial charge >= 0.3 is 0 Å². The standard InChI is InChI=1S/C21H31N3O4S/c25-21(16-23-12-14-29(26,27)15-13-23)22-17-4-6-19(7-5-17)28-20-8-10-24(11-9-20)18-2-1-3-18/h4-7,18,20H,1-3,8-16H2,(H,22,25). The lowest BCUT2D eigenvalue weighted by Crippen LogP contribution is -2.46. The Morgan fingerprint density at radius 1 is 1.00 bits per heavy atom. The van der Waals surface area contributed by atoms with Gasteiger partial charge in [0.25, 0.3) is 0 Å². The molecule has 1 aliphatic carbocycles. The van der Waals surface area contributed by atoms with E-state index in [0.717, 1.165) is 43.4 Å². The van der Waals surface area contributed by atoms with Gasteiger partial charge in [-0.2, -0.15) is 0 Å². The van der Waals surface area contributed by atoms with E-state index >= 15 is 0 Å². The molecule has 0 radical (unpaired) electrons. The van der Waals surface area contributed by atoms with Gasteiger partial charge in [-0.05, 0) is 49.9 Å². The highest BCUT2D eigenvalue weighted by Gasteiger charge is 2.29. The summed E-state index contributed by atoms with van der Waals surface area (Å²) in [6.07, 6.45) is 6.50. The van der Waals surface area contributed by atoms with E-state index in [1.54, 1.807) is 0 Å². The Morgan fingerprint density at radius 2 is 1.66 bits per heavy atom. The van der Waals surface area contributed by atoms with Crippen LogP contribution in [0.4, 0.5) is 5.69 Å². The summed E-state index contributed by atoms with van der Waals surface area (Å²) in [5, 5.41) is 2.88. The molecule has 1 aromatic rings. The maximum atomic E-state index is 12.2. The average molecular weight is 422 g/mol. The van der Waals surface area contributed by atoms with E-state index in [4.69, 9.17) is 4.74 Å². The number of nitrogens with zero attached hydrogens (tertiary/aromatic N) is 2. The lowest BCUT2D eigenvalue weighted by atomic mass is 9.90. The first-order chi connectivity index (χ1) is 14.0. The van der Waals surface area contributed by atoms with Crippen LogP contribution < -0.4 is 10.1 Å². The minimum Gasteiger partial charge on any atom is -0.490 e. The summed E-state index contributed by atoms with van der Waals surface area (Å²) in [5.41, 5.74) is 0.729. The van der Waals surface area contributed by atoms with Crippen molar-refractivity contribution in [1.82, 2.24) is 9.80 Å². The minimum absolute atomic E-state index is 0.124. The number of benzene rings is 1. The van der Waals surface area contributed by atoms with Crippen LogP contribution in [0, 0.1) is 0 Å². The SMILES string of the molecule is O=C(CN1CCS(=O)(=O)CC1)Nc1ccc(OC2CCN(C3CCC3)CC2)cc1. The molecule has 1 aromatic carbocycles. The molecular formula is C21H31N3O4S. The van der Waals surface area contributed by atoms with Crippen LogP contribution in [-0.4, -0.2) is 80.5 Å². The Labute approximate surface area is 173 Å². The lowest BCUT2D eigenvalue weighted by molar-refractivity contribution is -0.117. The Morgan fingerprint density at radius 3 is 2.24 bits per heavy atom. The predicted octanol–water partition coefficient (Wildman–Crippen LogP) is 1.75. The van der Waals surface area contributed by atoms with Gasteiger partial charge in [-0.3, -0.25) is 9.69 Å². The van der Waals surface area contributed by atoms with Crippen molar-refractivity contribution in [1.29, 1.82) is 0 Å². The molecule has 0 aromatic heterocycles. The van der Waals surface area contributed by atoms with E-state index < -0.39 is 9.84 Å². The summed E-state index contributed by atoms with van der Waals surface area (Å²) in [5.74, 6) is 0.977. The summed E-state index contributed by atoms with van der Waals surface area (Å²) in [4.78, 5) is 16.7. The molecule has 0 spiro atoms. The van der Waals surface area contributed by atoms with Crippen LogP contribution in [0.5, 0.6) is 5.75 Å². The van der Waals surface area contributed by atoms with Crippen molar-refractivity contribution in [3.8, 4) is 5.75 Å². The molecule has 160 valence electrons. The number of ether oxygens (including phenoxy) is 1. The molecule has 3 fully saturated rings. The second kappa shape index (κ2) is 9.02. The predicted molar refractivity (Wildman–Crippen MR) is 113 cm³/mol. The zero-order valence-electron chi connectivity index (χ0n) is 16.9. The molecule has 2 aliphatic heterocycles. The van der Waals surface area contributed by atoms with Crippen molar-refractivity contribution in [2.45, 2.75) is 44.2 Å². The summed E-state index contributed by atoms with van der Waals surface area (Å²) in [6.45, 7) is 3.31. The number of carbonyl (C=O) groups is 1. The molecule has 0 atom stereocenters. The largest absolute Gasteiger partial charge is 0.490 e. The van der Waals surface area contributed by atoms with E-state index in [9.17, 15) is 13.2 Å². The Bertz CT molecular complexity index is 786. The number of rotatable bonds is 6. The van der Waals surface area contributed by atoms with Crippen molar-refractivity contribution in [2.24, 2.45) is 0 Å². The fraction of sp³-hybridized carbons (Fsp3) is 0.667. The quantitative estimate of drug-likeness (QED) is 0.754. The highest BCUT2D eigenvalue weighted by atomic mass is 32.2. The van der Waals surface area contributed by atoms with E-state index in [0.29, 0.717) is 13.1 Å². The van der Waals surface area contributed by atoms with Gasteiger partial charge in [0.1, 0.15) is 11.9 Å². The van der Waals surface area contributed by atoms with Crippen LogP contribution in [-0.2, 0) is 14.6 Å². The Balaban J connectivity index is 1.19. The number of sulfone groups is 1. The summed E-state index contributed by atoms with van der Waals surface area (Å²) in [6, 6.07) is 8.34. The zero-order valence-corrected chi connectivity index (χ0v) is 17.7. The number of likely N-dealkylation sites (tertiary alicyclic amines) is 1. The van der Waals surface area contributed by atoms with E-state index in [1.807, 2.05) is 29.2 Å². The molecule has 1 N–H and O–H groups in total. The third-order valence-corrected chi connectivity index (χ3v) is 7.92. The topological polar surface area (TPSA) is 79.0 Å². The molecule has 8 heteroatoms. The Kier molecular flexibility index (Phi) is 6.41. The second-order valence-corrected chi connectivity index (χ2v) is 10.7. The molecule has 2 saturated heterocycles. The number of anilines is 1. The lowest BCUT2D eigenvalue weighted by Gasteiger charge is -2.41. The van der Waals surface area contributed by atoms with Crippen LogP contribution in [0.1, 0.15) is 32.1 Å². The maximum absolute atomic E-state index is 12.2. The molecule has 0 bridgehead atoms. The smallest absolute Gasteiger partial charge is 0.238 e. The van der Waals surface area contributed by atoms with Gasteiger partial charge in [0.15, 0.2) is 9.84 Å². The maximum Gasteiger partial charge on any atom is 0.238 e. The van der Waals surface area contributed by atoms with Crippen LogP contribution >= 0.6 is 0 Å². The number of hydrogen-bond acceptors (Lipinski definition) is 6. The van der Waals surface area contributed by atoms with Gasteiger partial charge < -0.3 is 15.0 Å². The van der Waals surface area contributed by atoms with Crippen molar-refractivity contribution in [2.75, 3.05) is 49.5 Å². The fourth-order valence-electron chi connectivity index (χ4n) is 4.23. The number of carbonyl (C=O) groups excluding carboxylic acids is 1. The Hall–Kier alpha value is -1.64. The summed E-state index contributed by atoms with van der Waals surface area (Å²) in [7, 11) is -2.92. The fourth-order valence-corrected chi connectivity index (χ4v) is 5.51. The monoisotopic (exact) mass is 421 g/mol. The van der Waals surface area contributed by atoms with Gasteiger partial charge in [-0.1, -0.05) is 6.42 Å². The molecule has 1 saturated carbocycles. The van der Waals surface area contributed by atoms with Crippen molar-refractivity contribution < 1.29 is 17.9 Å². The normalized spacial score (nSPS) is 24.0. The minimum atomic E-state index is -2.92. The number of piperidine rings is 1. The zero-order chi connectivity index (χ0) is 20.3. The van der Waals surface area contributed by atoms with Gasteiger partial charge in [0.05, 0.1) is 18.1 Å². The second-order valence-electron chi connectivity index (χ2n) is 8.44.